The molecule has 3 nitrogen and oxygen atoms in total. The molecule has 0 heterocycles. The van der Waals surface area contributed by atoms with Gasteiger partial charge in [0.2, 0.25) is 5.91 Å². The molecule has 2 unspecified atom stereocenters. The van der Waals surface area contributed by atoms with Crippen molar-refractivity contribution in [2.75, 3.05) is 6.54 Å². The lowest BCUT2D eigenvalue weighted by molar-refractivity contribution is -0.124. The molecular weight excluding hydrogens is 284 g/mol. The fraction of sp³-hybridized carbons (Fsp3) is 0.588. The fourth-order valence-electron chi connectivity index (χ4n) is 2.73. The van der Waals surface area contributed by atoms with Gasteiger partial charge in [0.1, 0.15) is 0 Å². The summed E-state index contributed by atoms with van der Waals surface area (Å²) in [7, 11) is 0. The van der Waals surface area contributed by atoms with Crippen LogP contribution in [0.15, 0.2) is 30.3 Å². The van der Waals surface area contributed by atoms with Crippen LogP contribution in [0.3, 0.4) is 0 Å². The molecule has 0 aliphatic rings. The number of carbonyl (C=O) groups is 1. The van der Waals surface area contributed by atoms with Gasteiger partial charge < -0.3 is 11.1 Å². The summed E-state index contributed by atoms with van der Waals surface area (Å²) in [6.07, 6.45) is 1.68. The van der Waals surface area contributed by atoms with Crippen LogP contribution in [0.2, 0.25) is 0 Å². The van der Waals surface area contributed by atoms with Gasteiger partial charge in [-0.25, -0.2) is 0 Å². The Bertz CT molecular complexity index is 422. The highest BCUT2D eigenvalue weighted by Gasteiger charge is 2.29. The lowest BCUT2D eigenvalue weighted by atomic mass is 9.88. The minimum Gasteiger partial charge on any atom is -0.349 e. The minimum absolute atomic E-state index is 0. The van der Waals surface area contributed by atoms with Crippen LogP contribution in [-0.2, 0) is 4.79 Å². The second-order valence-corrected chi connectivity index (χ2v) is 6.22. The van der Waals surface area contributed by atoms with Gasteiger partial charge >= 0.3 is 0 Å². The smallest absolute Gasteiger partial charge is 0.227 e. The van der Waals surface area contributed by atoms with Crippen molar-refractivity contribution in [1.29, 1.82) is 0 Å². The standard InChI is InChI=1S/C17H28N2O.ClH/c1-5-15(14-9-7-6-8-10-14)16(20)19-17(4,12-18)11-13(2)3;/h6-10,13,15H,5,11-12,18H2,1-4H3,(H,19,20);1H. The lowest BCUT2D eigenvalue weighted by Gasteiger charge is -2.33. The van der Waals surface area contributed by atoms with Crippen molar-refractivity contribution < 1.29 is 4.79 Å². The molecule has 120 valence electrons. The van der Waals surface area contributed by atoms with Crippen molar-refractivity contribution in [3.63, 3.8) is 0 Å². The first-order valence-corrected chi connectivity index (χ1v) is 7.49. The van der Waals surface area contributed by atoms with Gasteiger partial charge in [-0.15, -0.1) is 12.4 Å². The van der Waals surface area contributed by atoms with Gasteiger partial charge in [0.25, 0.3) is 0 Å². The molecular formula is C17H29ClN2O. The molecule has 1 amide bonds. The highest BCUT2D eigenvalue weighted by atomic mass is 35.5. The Hall–Kier alpha value is -1.06. The topological polar surface area (TPSA) is 55.1 Å². The highest BCUT2D eigenvalue weighted by molar-refractivity contribution is 5.85. The predicted octanol–water partition coefficient (Wildman–Crippen LogP) is 3.48. The highest BCUT2D eigenvalue weighted by Crippen LogP contribution is 2.22. The average molecular weight is 313 g/mol. The maximum atomic E-state index is 12.6. The molecule has 0 spiro atoms. The second-order valence-electron chi connectivity index (χ2n) is 6.22. The van der Waals surface area contributed by atoms with Crippen molar-refractivity contribution in [3.05, 3.63) is 35.9 Å². The number of halogens is 1. The van der Waals surface area contributed by atoms with E-state index in [-0.39, 0.29) is 29.8 Å². The van der Waals surface area contributed by atoms with Crippen molar-refractivity contribution in [1.82, 2.24) is 5.32 Å². The Balaban J connectivity index is 0.00000400. The van der Waals surface area contributed by atoms with Crippen LogP contribution in [0.1, 0.15) is 52.0 Å². The van der Waals surface area contributed by atoms with E-state index in [0.717, 1.165) is 18.4 Å². The largest absolute Gasteiger partial charge is 0.349 e. The molecule has 0 aliphatic heterocycles. The molecule has 0 fully saturated rings. The van der Waals surface area contributed by atoms with Crippen LogP contribution in [0, 0.1) is 5.92 Å². The predicted molar refractivity (Wildman–Crippen MR) is 91.8 cm³/mol. The maximum Gasteiger partial charge on any atom is 0.227 e. The number of benzene rings is 1. The van der Waals surface area contributed by atoms with Gasteiger partial charge in [-0.3, -0.25) is 4.79 Å². The molecule has 2 atom stereocenters. The summed E-state index contributed by atoms with van der Waals surface area (Å²) in [6, 6.07) is 9.94. The van der Waals surface area contributed by atoms with E-state index in [0.29, 0.717) is 12.5 Å². The van der Waals surface area contributed by atoms with Crippen LogP contribution in [-0.4, -0.2) is 18.0 Å². The monoisotopic (exact) mass is 312 g/mol. The zero-order valence-electron chi connectivity index (χ0n) is 13.6. The summed E-state index contributed by atoms with van der Waals surface area (Å²) < 4.78 is 0. The molecule has 1 rings (SSSR count). The van der Waals surface area contributed by atoms with E-state index in [1.165, 1.54) is 0 Å². The first-order valence-electron chi connectivity index (χ1n) is 7.49. The molecule has 0 aromatic heterocycles. The van der Waals surface area contributed by atoms with Crippen molar-refractivity contribution in [2.45, 2.75) is 52.0 Å². The van der Waals surface area contributed by atoms with Crippen molar-refractivity contribution in [3.8, 4) is 0 Å². The molecule has 1 aromatic rings. The van der Waals surface area contributed by atoms with E-state index >= 15 is 0 Å². The van der Waals surface area contributed by atoms with E-state index in [1.807, 2.05) is 44.2 Å². The first kappa shape index (κ1) is 19.9. The summed E-state index contributed by atoms with van der Waals surface area (Å²) in [5, 5.41) is 3.16. The summed E-state index contributed by atoms with van der Waals surface area (Å²) >= 11 is 0. The number of nitrogens with one attached hydrogen (secondary N) is 1. The summed E-state index contributed by atoms with van der Waals surface area (Å²) in [4.78, 5) is 12.6. The SMILES string of the molecule is CCC(C(=O)NC(C)(CN)CC(C)C)c1ccccc1.Cl. The number of amides is 1. The lowest BCUT2D eigenvalue weighted by Crippen LogP contribution is -2.53. The van der Waals surface area contributed by atoms with Gasteiger partial charge in [0, 0.05) is 12.1 Å². The maximum absolute atomic E-state index is 12.6. The average Bonchev–Trinajstić information content (AvgIpc) is 2.39. The molecule has 0 aliphatic carbocycles. The zero-order chi connectivity index (χ0) is 15.2. The Morgan fingerprint density at radius 3 is 2.29 bits per heavy atom. The third-order valence-electron chi connectivity index (χ3n) is 3.66. The Morgan fingerprint density at radius 2 is 1.86 bits per heavy atom. The molecule has 21 heavy (non-hydrogen) atoms. The van der Waals surface area contributed by atoms with Gasteiger partial charge in [-0.1, -0.05) is 51.1 Å². The number of nitrogens with two attached hydrogens (primary N) is 1. The normalized spacial score (nSPS) is 15.0. The Labute approximate surface area is 135 Å². The first-order chi connectivity index (χ1) is 9.41. The van der Waals surface area contributed by atoms with Gasteiger partial charge in [0.05, 0.1) is 5.92 Å². The van der Waals surface area contributed by atoms with Crippen LogP contribution in [0.5, 0.6) is 0 Å². The van der Waals surface area contributed by atoms with E-state index in [2.05, 4.69) is 19.2 Å². The molecule has 3 N–H and O–H groups in total. The van der Waals surface area contributed by atoms with Crippen LogP contribution in [0.4, 0.5) is 0 Å². The van der Waals surface area contributed by atoms with Crippen LogP contribution < -0.4 is 11.1 Å². The molecule has 0 saturated heterocycles. The van der Waals surface area contributed by atoms with E-state index < -0.39 is 0 Å². The third-order valence-corrected chi connectivity index (χ3v) is 3.66. The number of hydrogen-bond donors (Lipinski definition) is 2. The summed E-state index contributed by atoms with van der Waals surface area (Å²) in [5.74, 6) is 0.474. The van der Waals surface area contributed by atoms with E-state index in [1.54, 1.807) is 0 Å². The van der Waals surface area contributed by atoms with Crippen LogP contribution >= 0.6 is 12.4 Å². The minimum atomic E-state index is -0.326. The van der Waals surface area contributed by atoms with Crippen molar-refractivity contribution >= 4 is 18.3 Å². The van der Waals surface area contributed by atoms with Crippen molar-refractivity contribution in [2.24, 2.45) is 11.7 Å². The van der Waals surface area contributed by atoms with Gasteiger partial charge in [-0.05, 0) is 31.2 Å². The molecule has 0 radical (unpaired) electrons. The number of carbonyl (C=O) groups excluding carboxylic acids is 1. The van der Waals surface area contributed by atoms with E-state index in [9.17, 15) is 4.79 Å². The Kier molecular flexibility index (Phi) is 8.60. The summed E-state index contributed by atoms with van der Waals surface area (Å²) in [5.41, 5.74) is 6.61. The number of rotatable bonds is 7. The zero-order valence-corrected chi connectivity index (χ0v) is 14.4. The molecule has 4 heteroatoms. The van der Waals surface area contributed by atoms with Crippen LogP contribution in [0.25, 0.3) is 0 Å². The molecule has 0 saturated carbocycles. The second kappa shape index (κ2) is 9.06. The van der Waals surface area contributed by atoms with E-state index in [4.69, 9.17) is 5.73 Å². The Morgan fingerprint density at radius 1 is 1.29 bits per heavy atom. The van der Waals surface area contributed by atoms with Gasteiger partial charge in [0.15, 0.2) is 0 Å². The third kappa shape index (κ3) is 6.06. The summed E-state index contributed by atoms with van der Waals surface area (Å²) in [6.45, 7) is 8.83. The molecule has 1 aromatic carbocycles. The number of hydrogen-bond acceptors (Lipinski definition) is 2. The quantitative estimate of drug-likeness (QED) is 0.810. The molecule has 0 bridgehead atoms. The van der Waals surface area contributed by atoms with Gasteiger partial charge in [-0.2, -0.15) is 0 Å². The fourth-order valence-corrected chi connectivity index (χ4v) is 2.73.